The van der Waals surface area contributed by atoms with E-state index in [4.69, 9.17) is 0 Å². The van der Waals surface area contributed by atoms with Crippen LogP contribution < -0.4 is 10.2 Å². The number of carbonyl (C=O) groups excluding carboxylic acids is 2. The summed E-state index contributed by atoms with van der Waals surface area (Å²) in [5.74, 6) is -0.398. The summed E-state index contributed by atoms with van der Waals surface area (Å²) in [6.07, 6.45) is 6.48. The predicted octanol–water partition coefficient (Wildman–Crippen LogP) is 2.15. The highest BCUT2D eigenvalue weighted by Gasteiger charge is 2.45. The number of hydrogen-bond acceptors (Lipinski definition) is 4. The highest BCUT2D eigenvalue weighted by Crippen LogP contribution is 2.39. The van der Waals surface area contributed by atoms with E-state index in [1.807, 2.05) is 29.2 Å². The van der Waals surface area contributed by atoms with Gasteiger partial charge in [-0.05, 0) is 49.3 Å². The van der Waals surface area contributed by atoms with E-state index in [0.29, 0.717) is 25.3 Å². The zero-order valence-corrected chi connectivity index (χ0v) is 16.7. The van der Waals surface area contributed by atoms with Gasteiger partial charge in [0.15, 0.2) is 0 Å². The topological polar surface area (TPSA) is 89.9 Å². The molecular weight excluding hydrogens is 370 g/mol. The summed E-state index contributed by atoms with van der Waals surface area (Å²) >= 11 is 0. The van der Waals surface area contributed by atoms with Gasteiger partial charge in [0, 0.05) is 31.2 Å². The van der Waals surface area contributed by atoms with Gasteiger partial charge in [-0.2, -0.15) is 0 Å². The first-order valence-corrected chi connectivity index (χ1v) is 10.7. The minimum Gasteiger partial charge on any atom is -0.480 e. The molecular formula is C22H29N3O4. The lowest BCUT2D eigenvalue weighted by molar-refractivity contribution is -0.143. The van der Waals surface area contributed by atoms with Gasteiger partial charge in [-0.15, -0.1) is 0 Å². The van der Waals surface area contributed by atoms with Crippen LogP contribution in [0.4, 0.5) is 5.69 Å². The summed E-state index contributed by atoms with van der Waals surface area (Å²) in [5.41, 5.74) is 1.85. The van der Waals surface area contributed by atoms with Crippen molar-refractivity contribution < 1.29 is 19.5 Å². The van der Waals surface area contributed by atoms with Crippen LogP contribution in [0.25, 0.3) is 0 Å². The monoisotopic (exact) mass is 399 g/mol. The normalized spacial score (nSPS) is 27.1. The Morgan fingerprint density at radius 3 is 2.55 bits per heavy atom. The van der Waals surface area contributed by atoms with Crippen molar-refractivity contribution in [2.24, 2.45) is 5.92 Å². The molecule has 0 bridgehead atoms. The zero-order chi connectivity index (χ0) is 20.4. The van der Waals surface area contributed by atoms with E-state index in [1.54, 1.807) is 4.90 Å². The molecule has 7 nitrogen and oxygen atoms in total. The Morgan fingerprint density at radius 1 is 1.10 bits per heavy atom. The Labute approximate surface area is 171 Å². The minimum atomic E-state index is -0.820. The van der Waals surface area contributed by atoms with Crippen LogP contribution in [0.3, 0.4) is 0 Å². The van der Waals surface area contributed by atoms with E-state index >= 15 is 0 Å². The average Bonchev–Trinajstić information content (AvgIpc) is 3.31. The second kappa shape index (κ2) is 8.53. The minimum absolute atomic E-state index is 0.137. The smallest absolute Gasteiger partial charge is 0.320 e. The first-order chi connectivity index (χ1) is 14.0. The number of carbonyl (C=O) groups is 3. The lowest BCUT2D eigenvalue weighted by Crippen LogP contribution is -2.47. The van der Waals surface area contributed by atoms with Crippen molar-refractivity contribution in [3.05, 3.63) is 29.8 Å². The molecule has 156 valence electrons. The van der Waals surface area contributed by atoms with Crippen LogP contribution in [0.5, 0.6) is 0 Å². The molecule has 3 fully saturated rings. The van der Waals surface area contributed by atoms with E-state index in [1.165, 1.54) is 0 Å². The maximum absolute atomic E-state index is 12.5. The number of aliphatic carboxylic acids is 1. The van der Waals surface area contributed by atoms with Crippen molar-refractivity contribution in [1.82, 2.24) is 10.2 Å². The number of amides is 2. The number of rotatable bonds is 6. The second-order valence-corrected chi connectivity index (χ2v) is 8.47. The molecule has 3 atom stereocenters. The van der Waals surface area contributed by atoms with Crippen LogP contribution in [-0.4, -0.2) is 53.0 Å². The van der Waals surface area contributed by atoms with Gasteiger partial charge in [-0.1, -0.05) is 25.0 Å². The third-order valence-electron chi connectivity index (χ3n) is 6.64. The second-order valence-electron chi connectivity index (χ2n) is 8.47. The maximum Gasteiger partial charge on any atom is 0.320 e. The molecule has 29 heavy (non-hydrogen) atoms. The Morgan fingerprint density at radius 2 is 1.86 bits per heavy atom. The average molecular weight is 399 g/mol. The molecule has 1 aliphatic carbocycles. The van der Waals surface area contributed by atoms with Crippen molar-refractivity contribution in [3.8, 4) is 0 Å². The number of carboxylic acid groups (broad SMARTS) is 1. The molecule has 1 aromatic carbocycles. The van der Waals surface area contributed by atoms with Crippen LogP contribution in [0, 0.1) is 5.92 Å². The van der Waals surface area contributed by atoms with Gasteiger partial charge in [0.1, 0.15) is 6.04 Å². The standard InChI is InChI=1S/C22H29N3O4/c26-20(14-25-18-5-2-1-4-16(18)12-19(25)22(28)29)23-13-15-7-9-17(10-8-15)24-11-3-6-21(24)27/h7-10,16,18-19H,1-6,11-14H2,(H,23,26)(H,28,29). The van der Waals surface area contributed by atoms with Gasteiger partial charge in [-0.3, -0.25) is 19.3 Å². The predicted molar refractivity (Wildman–Crippen MR) is 108 cm³/mol. The Balaban J connectivity index is 1.32. The van der Waals surface area contributed by atoms with Crippen molar-refractivity contribution in [3.63, 3.8) is 0 Å². The molecule has 2 aliphatic heterocycles. The van der Waals surface area contributed by atoms with Crippen molar-refractivity contribution >= 4 is 23.5 Å². The summed E-state index contributed by atoms with van der Waals surface area (Å²) in [6.45, 7) is 1.29. The molecule has 2 N–H and O–H groups in total. The molecule has 2 amide bonds. The number of carboxylic acids is 1. The highest BCUT2D eigenvalue weighted by atomic mass is 16.4. The van der Waals surface area contributed by atoms with Gasteiger partial charge < -0.3 is 15.3 Å². The van der Waals surface area contributed by atoms with Crippen molar-refractivity contribution in [1.29, 1.82) is 0 Å². The fourth-order valence-corrected chi connectivity index (χ4v) is 5.16. The van der Waals surface area contributed by atoms with Crippen LogP contribution in [0.2, 0.25) is 0 Å². The number of nitrogens with zero attached hydrogens (tertiary/aromatic N) is 2. The molecule has 2 saturated heterocycles. The lowest BCUT2D eigenvalue weighted by Gasteiger charge is -2.32. The molecule has 1 aromatic rings. The maximum atomic E-state index is 12.5. The SMILES string of the molecule is O=C(CN1C(C(=O)O)CC2CCCCC21)NCc1ccc(N2CCCC2=O)cc1. The number of likely N-dealkylation sites (tertiary alicyclic amines) is 1. The van der Waals surface area contributed by atoms with Crippen molar-refractivity contribution in [2.75, 3.05) is 18.0 Å². The summed E-state index contributed by atoms with van der Waals surface area (Å²) in [7, 11) is 0. The number of nitrogens with one attached hydrogen (secondary N) is 1. The highest BCUT2D eigenvalue weighted by molar-refractivity contribution is 5.95. The Bertz CT molecular complexity index is 779. The van der Waals surface area contributed by atoms with E-state index in [9.17, 15) is 19.5 Å². The van der Waals surface area contributed by atoms with Gasteiger partial charge in [-0.25, -0.2) is 0 Å². The zero-order valence-electron chi connectivity index (χ0n) is 16.7. The van der Waals surface area contributed by atoms with Crippen LogP contribution in [-0.2, 0) is 20.9 Å². The van der Waals surface area contributed by atoms with Gasteiger partial charge in [0.25, 0.3) is 0 Å². The number of anilines is 1. The van der Waals surface area contributed by atoms with Gasteiger partial charge in [0.05, 0.1) is 6.54 Å². The first kappa shape index (κ1) is 19.9. The first-order valence-electron chi connectivity index (χ1n) is 10.7. The number of benzene rings is 1. The number of hydrogen-bond donors (Lipinski definition) is 2. The Hall–Kier alpha value is -2.41. The number of fused-ring (bicyclic) bond motifs is 1. The molecule has 3 aliphatic rings. The fraction of sp³-hybridized carbons (Fsp3) is 0.591. The molecule has 7 heteroatoms. The van der Waals surface area contributed by atoms with Crippen molar-refractivity contribution in [2.45, 2.75) is 63.6 Å². The van der Waals surface area contributed by atoms with Crippen LogP contribution >= 0.6 is 0 Å². The van der Waals surface area contributed by atoms with E-state index in [0.717, 1.165) is 49.9 Å². The van der Waals surface area contributed by atoms with Gasteiger partial charge >= 0.3 is 5.97 Å². The summed E-state index contributed by atoms with van der Waals surface area (Å²) < 4.78 is 0. The van der Waals surface area contributed by atoms with E-state index in [2.05, 4.69) is 5.32 Å². The summed E-state index contributed by atoms with van der Waals surface area (Å²) in [5, 5.41) is 12.5. The third kappa shape index (κ3) is 4.29. The molecule has 0 radical (unpaired) electrons. The molecule has 2 heterocycles. The lowest BCUT2D eigenvalue weighted by atomic mass is 9.85. The van der Waals surface area contributed by atoms with E-state index < -0.39 is 12.0 Å². The van der Waals surface area contributed by atoms with E-state index in [-0.39, 0.29) is 24.4 Å². The summed E-state index contributed by atoms with van der Waals surface area (Å²) in [4.78, 5) is 39.8. The molecule has 0 spiro atoms. The van der Waals surface area contributed by atoms with Crippen LogP contribution in [0.1, 0.15) is 50.5 Å². The molecule has 3 unspecified atom stereocenters. The molecule has 0 aromatic heterocycles. The molecule has 1 saturated carbocycles. The van der Waals surface area contributed by atoms with Gasteiger partial charge in [0.2, 0.25) is 11.8 Å². The molecule has 4 rings (SSSR count). The Kier molecular flexibility index (Phi) is 5.85. The summed E-state index contributed by atoms with van der Waals surface area (Å²) in [6, 6.07) is 7.35. The third-order valence-corrected chi connectivity index (χ3v) is 6.64. The van der Waals surface area contributed by atoms with Crippen LogP contribution in [0.15, 0.2) is 24.3 Å². The largest absolute Gasteiger partial charge is 0.480 e. The quantitative estimate of drug-likeness (QED) is 0.765. The fourth-order valence-electron chi connectivity index (χ4n) is 5.16.